The number of benzene rings is 1. The summed E-state index contributed by atoms with van der Waals surface area (Å²) in [6.45, 7) is 1.58. The number of amides is 2. The van der Waals surface area contributed by atoms with Gasteiger partial charge in [0.15, 0.2) is 0 Å². The molecule has 2 atom stereocenters. The number of nitrogens with one attached hydrogen (secondary N) is 2. The lowest BCUT2D eigenvalue weighted by Crippen LogP contribution is -2.48. The second kappa shape index (κ2) is 6.06. The highest BCUT2D eigenvalue weighted by molar-refractivity contribution is 7.90. The number of fused-ring (bicyclic) bond motifs is 1. The lowest BCUT2D eigenvalue weighted by Gasteiger charge is -2.18. The largest absolute Gasteiger partial charge is 0.343 e. The Labute approximate surface area is 134 Å². The minimum Gasteiger partial charge on any atom is -0.270 e. The van der Waals surface area contributed by atoms with Crippen LogP contribution in [0, 0.1) is 11.8 Å². The van der Waals surface area contributed by atoms with Crippen molar-refractivity contribution < 1.29 is 13.2 Å². The van der Waals surface area contributed by atoms with E-state index in [9.17, 15) is 13.2 Å². The molecule has 2 aliphatic rings. The first-order valence-corrected chi connectivity index (χ1v) is 9.14. The molecular weight excluding hydrogens is 326 g/mol. The van der Waals surface area contributed by atoms with Crippen LogP contribution in [0.15, 0.2) is 29.2 Å². The van der Waals surface area contributed by atoms with Crippen LogP contribution in [0.2, 0.25) is 5.02 Å². The van der Waals surface area contributed by atoms with Crippen LogP contribution < -0.4 is 10.1 Å². The lowest BCUT2D eigenvalue weighted by atomic mass is 10.0. The van der Waals surface area contributed by atoms with Crippen LogP contribution in [-0.2, 0) is 10.0 Å². The molecule has 22 heavy (non-hydrogen) atoms. The molecule has 1 aliphatic heterocycles. The van der Waals surface area contributed by atoms with Crippen molar-refractivity contribution in [2.75, 3.05) is 13.1 Å². The van der Waals surface area contributed by atoms with Gasteiger partial charge in [-0.2, -0.15) is 0 Å². The highest BCUT2D eigenvalue weighted by Gasteiger charge is 2.36. The first-order valence-electron chi connectivity index (χ1n) is 7.28. The van der Waals surface area contributed by atoms with Crippen molar-refractivity contribution in [3.63, 3.8) is 0 Å². The minimum atomic E-state index is -3.88. The third-order valence-electron chi connectivity index (χ3n) is 4.34. The van der Waals surface area contributed by atoms with Gasteiger partial charge in [-0.05, 0) is 48.9 Å². The number of carbonyl (C=O) groups excluding carboxylic acids is 1. The number of halogens is 1. The predicted molar refractivity (Wildman–Crippen MR) is 82.7 cm³/mol. The summed E-state index contributed by atoms with van der Waals surface area (Å²) in [4.78, 5) is 11.9. The Kier molecular flexibility index (Phi) is 4.29. The SMILES string of the molecule is O=C(NN1CC2CCCC2C1)NS(=O)(=O)c1ccc(Cl)cc1. The number of hydrazine groups is 1. The summed E-state index contributed by atoms with van der Waals surface area (Å²) in [6.07, 6.45) is 3.63. The van der Waals surface area contributed by atoms with Gasteiger partial charge in [0.25, 0.3) is 10.0 Å². The molecular formula is C14H18ClN3O3S. The number of urea groups is 1. The van der Waals surface area contributed by atoms with Crippen LogP contribution in [0.3, 0.4) is 0 Å². The molecule has 1 saturated heterocycles. The van der Waals surface area contributed by atoms with Crippen LogP contribution >= 0.6 is 11.6 Å². The molecule has 120 valence electrons. The topological polar surface area (TPSA) is 78.5 Å². The average molecular weight is 344 g/mol. The molecule has 1 heterocycles. The molecule has 2 amide bonds. The Morgan fingerprint density at radius 1 is 1.14 bits per heavy atom. The van der Waals surface area contributed by atoms with Gasteiger partial charge in [-0.15, -0.1) is 0 Å². The average Bonchev–Trinajstić information content (AvgIpc) is 2.99. The van der Waals surface area contributed by atoms with E-state index in [1.165, 1.54) is 43.5 Å². The van der Waals surface area contributed by atoms with Gasteiger partial charge in [0, 0.05) is 18.1 Å². The van der Waals surface area contributed by atoms with E-state index in [2.05, 4.69) is 5.43 Å². The van der Waals surface area contributed by atoms with Crippen LogP contribution in [0.25, 0.3) is 0 Å². The Bertz CT molecular complexity index is 650. The minimum absolute atomic E-state index is 0.00495. The Hall–Kier alpha value is -1.31. The van der Waals surface area contributed by atoms with Crippen LogP contribution in [0.4, 0.5) is 4.79 Å². The zero-order valence-corrected chi connectivity index (χ0v) is 13.5. The van der Waals surface area contributed by atoms with E-state index in [0.717, 1.165) is 13.1 Å². The number of nitrogens with zero attached hydrogens (tertiary/aromatic N) is 1. The van der Waals surface area contributed by atoms with E-state index < -0.39 is 16.1 Å². The van der Waals surface area contributed by atoms with E-state index in [0.29, 0.717) is 16.9 Å². The summed E-state index contributed by atoms with van der Waals surface area (Å²) in [5.41, 5.74) is 2.62. The molecule has 6 nitrogen and oxygen atoms in total. The zero-order chi connectivity index (χ0) is 15.7. The molecule has 2 fully saturated rings. The molecule has 1 saturated carbocycles. The third-order valence-corrected chi connectivity index (χ3v) is 5.94. The van der Waals surface area contributed by atoms with Gasteiger partial charge in [-0.25, -0.2) is 22.9 Å². The van der Waals surface area contributed by atoms with E-state index in [4.69, 9.17) is 11.6 Å². The highest BCUT2D eigenvalue weighted by atomic mass is 35.5. The van der Waals surface area contributed by atoms with Crippen molar-refractivity contribution in [3.8, 4) is 0 Å². The molecule has 0 bridgehead atoms. The van der Waals surface area contributed by atoms with Crippen molar-refractivity contribution in [1.82, 2.24) is 15.2 Å². The number of carbonyl (C=O) groups is 1. The maximum Gasteiger partial charge on any atom is 0.343 e. The van der Waals surface area contributed by atoms with Crippen molar-refractivity contribution >= 4 is 27.7 Å². The van der Waals surface area contributed by atoms with Gasteiger partial charge >= 0.3 is 6.03 Å². The fourth-order valence-electron chi connectivity index (χ4n) is 3.29. The Morgan fingerprint density at radius 2 is 1.73 bits per heavy atom. The third kappa shape index (κ3) is 3.37. The molecule has 0 aromatic heterocycles. The molecule has 2 N–H and O–H groups in total. The van der Waals surface area contributed by atoms with Gasteiger partial charge in [-0.3, -0.25) is 5.43 Å². The highest BCUT2D eigenvalue weighted by Crippen LogP contribution is 2.36. The van der Waals surface area contributed by atoms with Crippen LogP contribution in [-0.4, -0.2) is 32.5 Å². The lowest BCUT2D eigenvalue weighted by molar-refractivity contribution is 0.195. The molecule has 2 unspecified atom stereocenters. The molecule has 0 spiro atoms. The van der Waals surface area contributed by atoms with Gasteiger partial charge in [-0.1, -0.05) is 18.0 Å². The molecule has 8 heteroatoms. The quantitative estimate of drug-likeness (QED) is 0.879. The standard InChI is InChI=1S/C14H18ClN3O3S/c15-12-4-6-13(7-5-12)22(20,21)17-14(19)16-18-8-10-2-1-3-11(10)9-18/h4-7,10-11H,1-3,8-9H2,(H2,16,17,19). The zero-order valence-electron chi connectivity index (χ0n) is 12.0. The second-order valence-electron chi connectivity index (χ2n) is 5.86. The summed E-state index contributed by atoms with van der Waals surface area (Å²) in [5, 5.41) is 2.24. The molecule has 1 aliphatic carbocycles. The summed E-state index contributed by atoms with van der Waals surface area (Å²) >= 11 is 5.73. The Morgan fingerprint density at radius 3 is 2.32 bits per heavy atom. The first-order chi connectivity index (χ1) is 10.4. The molecule has 1 aromatic rings. The van der Waals surface area contributed by atoms with E-state index >= 15 is 0 Å². The monoisotopic (exact) mass is 343 g/mol. The van der Waals surface area contributed by atoms with E-state index in [1.807, 2.05) is 4.72 Å². The number of rotatable bonds is 3. The normalized spacial score (nSPS) is 25.0. The first kappa shape index (κ1) is 15.6. The van der Waals surface area contributed by atoms with Crippen molar-refractivity contribution in [3.05, 3.63) is 29.3 Å². The maximum absolute atomic E-state index is 12.1. The Balaban J connectivity index is 1.58. The molecule has 3 rings (SSSR count). The van der Waals surface area contributed by atoms with Crippen molar-refractivity contribution in [2.24, 2.45) is 11.8 Å². The summed E-state index contributed by atoms with van der Waals surface area (Å²) in [5.74, 6) is 1.24. The molecule has 1 aromatic carbocycles. The predicted octanol–water partition coefficient (Wildman–Crippen LogP) is 1.97. The van der Waals surface area contributed by atoms with Crippen LogP contribution in [0.5, 0.6) is 0 Å². The van der Waals surface area contributed by atoms with E-state index in [1.54, 1.807) is 5.01 Å². The smallest absolute Gasteiger partial charge is 0.270 e. The van der Waals surface area contributed by atoms with Gasteiger partial charge < -0.3 is 0 Å². The molecule has 0 radical (unpaired) electrons. The fraction of sp³-hybridized carbons (Fsp3) is 0.500. The number of hydrogen-bond acceptors (Lipinski definition) is 4. The number of sulfonamides is 1. The summed E-state index contributed by atoms with van der Waals surface area (Å²) in [6, 6.07) is 4.93. The number of hydrogen-bond donors (Lipinski definition) is 2. The van der Waals surface area contributed by atoms with Crippen molar-refractivity contribution in [1.29, 1.82) is 0 Å². The van der Waals surface area contributed by atoms with Gasteiger partial charge in [0.05, 0.1) is 4.90 Å². The summed E-state index contributed by atoms with van der Waals surface area (Å²) < 4.78 is 26.2. The fourth-order valence-corrected chi connectivity index (χ4v) is 4.32. The van der Waals surface area contributed by atoms with Crippen LogP contribution in [0.1, 0.15) is 19.3 Å². The maximum atomic E-state index is 12.1. The van der Waals surface area contributed by atoms with Crippen molar-refractivity contribution in [2.45, 2.75) is 24.2 Å². The van der Waals surface area contributed by atoms with Gasteiger partial charge in [0.1, 0.15) is 0 Å². The van der Waals surface area contributed by atoms with Gasteiger partial charge in [0.2, 0.25) is 0 Å². The second-order valence-corrected chi connectivity index (χ2v) is 7.98. The summed E-state index contributed by atoms with van der Waals surface area (Å²) in [7, 11) is -3.88. The van der Waals surface area contributed by atoms with E-state index in [-0.39, 0.29) is 4.90 Å².